The van der Waals surface area contributed by atoms with Gasteiger partial charge in [0.05, 0.1) is 12.2 Å². The van der Waals surface area contributed by atoms with Gasteiger partial charge in [-0.05, 0) is 11.5 Å². The second kappa shape index (κ2) is 7.92. The van der Waals surface area contributed by atoms with Crippen molar-refractivity contribution in [3.05, 3.63) is 42.0 Å². The molecule has 0 aliphatic carbocycles. The summed E-state index contributed by atoms with van der Waals surface area (Å²) in [5.74, 6) is -1.11. The predicted molar refractivity (Wildman–Crippen MR) is 78.8 cm³/mol. The van der Waals surface area contributed by atoms with Crippen LogP contribution < -0.4 is 0 Å². The molecule has 1 aromatic carbocycles. The molecule has 6 heteroatoms. The number of benzene rings is 1. The summed E-state index contributed by atoms with van der Waals surface area (Å²) < 4.78 is 5.50. The minimum atomic E-state index is -0.714. The molecular formula is C14H15Cl2NO3. The summed E-state index contributed by atoms with van der Waals surface area (Å²) in [6.45, 7) is 4.11. The highest BCUT2D eigenvalue weighted by atomic mass is 35.5. The van der Waals surface area contributed by atoms with Gasteiger partial charge >= 0.3 is 5.97 Å². The molecule has 0 heterocycles. The molecule has 0 saturated carbocycles. The van der Waals surface area contributed by atoms with Crippen molar-refractivity contribution in [3.63, 3.8) is 0 Å². The Labute approximate surface area is 128 Å². The van der Waals surface area contributed by atoms with Crippen LogP contribution in [0, 0.1) is 5.92 Å². The monoisotopic (exact) mass is 315 g/mol. The Morgan fingerprint density at radius 1 is 1.25 bits per heavy atom. The van der Waals surface area contributed by atoms with Crippen LogP contribution in [-0.4, -0.2) is 22.4 Å². The number of amides is 1. The van der Waals surface area contributed by atoms with E-state index in [1.165, 1.54) is 0 Å². The number of nitrogens with zero attached hydrogens (tertiary/aromatic N) is 1. The zero-order valence-corrected chi connectivity index (χ0v) is 12.7. The summed E-state index contributed by atoms with van der Waals surface area (Å²) in [6.07, 6.45) is 1.05. The normalized spacial score (nSPS) is 11.3. The highest BCUT2D eigenvalue weighted by molar-refractivity contribution is 6.43. The van der Waals surface area contributed by atoms with E-state index in [-0.39, 0.29) is 18.1 Å². The third kappa shape index (κ3) is 5.23. The molecule has 20 heavy (non-hydrogen) atoms. The van der Waals surface area contributed by atoms with Crippen molar-refractivity contribution < 1.29 is 14.3 Å². The Hall–Kier alpha value is -1.52. The molecular weight excluding hydrogens is 301 g/mol. The van der Waals surface area contributed by atoms with E-state index >= 15 is 0 Å². The molecule has 0 spiro atoms. The van der Waals surface area contributed by atoms with Gasteiger partial charge in [-0.3, -0.25) is 4.79 Å². The number of rotatable bonds is 5. The summed E-state index contributed by atoms with van der Waals surface area (Å²) in [7, 11) is 0. The lowest BCUT2D eigenvalue weighted by atomic mass is 10.1. The van der Waals surface area contributed by atoms with Crippen molar-refractivity contribution in [2.45, 2.75) is 13.8 Å². The van der Waals surface area contributed by atoms with Crippen molar-refractivity contribution in [1.82, 2.24) is 3.94 Å². The topological polar surface area (TPSA) is 46.6 Å². The Kier molecular flexibility index (Phi) is 6.55. The smallest absolute Gasteiger partial charge is 0.338 e. The van der Waals surface area contributed by atoms with E-state index in [1.54, 1.807) is 30.3 Å². The van der Waals surface area contributed by atoms with E-state index in [1.807, 2.05) is 13.8 Å². The number of halogens is 2. The van der Waals surface area contributed by atoms with Gasteiger partial charge in [0.25, 0.3) is 5.91 Å². The van der Waals surface area contributed by atoms with Crippen molar-refractivity contribution in [2.24, 2.45) is 5.92 Å². The van der Waals surface area contributed by atoms with Gasteiger partial charge in [-0.25, -0.2) is 4.79 Å². The predicted octanol–water partition coefficient (Wildman–Crippen LogP) is 3.41. The highest BCUT2D eigenvalue weighted by Gasteiger charge is 2.17. The lowest BCUT2D eigenvalue weighted by molar-refractivity contribution is -0.137. The van der Waals surface area contributed by atoms with E-state index in [0.717, 1.165) is 6.08 Å². The number of carbonyl (C=O) groups excluding carboxylic acids is 2. The van der Waals surface area contributed by atoms with E-state index in [0.29, 0.717) is 9.50 Å². The van der Waals surface area contributed by atoms with Crippen LogP contribution in [0.15, 0.2) is 36.4 Å². The van der Waals surface area contributed by atoms with Crippen LogP contribution in [0.25, 0.3) is 5.57 Å². The lowest BCUT2D eigenvalue weighted by Crippen LogP contribution is -2.15. The van der Waals surface area contributed by atoms with E-state index in [2.05, 4.69) is 0 Å². The maximum atomic E-state index is 12.1. The standard InChI is InChI=1S/C14H15Cl2NO3/c1-10(2)9-20-14(19)12(8-13(18)17(15)16)11-6-4-3-5-7-11/h3-8,10H,9H2,1-2H3/b12-8-. The first-order chi connectivity index (χ1) is 9.41. The first-order valence-electron chi connectivity index (χ1n) is 6.01. The molecule has 0 fully saturated rings. The first kappa shape index (κ1) is 16.5. The molecule has 0 aromatic heterocycles. The molecule has 0 atom stereocenters. The molecule has 0 radical (unpaired) electrons. The van der Waals surface area contributed by atoms with Crippen LogP contribution in [0.4, 0.5) is 0 Å². The lowest BCUT2D eigenvalue weighted by Gasteiger charge is -2.10. The molecule has 0 unspecified atom stereocenters. The molecule has 1 aromatic rings. The molecule has 1 amide bonds. The van der Waals surface area contributed by atoms with Crippen LogP contribution in [-0.2, 0) is 14.3 Å². The second-order valence-electron chi connectivity index (χ2n) is 4.49. The minimum Gasteiger partial charge on any atom is -0.462 e. The van der Waals surface area contributed by atoms with E-state index in [4.69, 9.17) is 28.3 Å². The summed E-state index contributed by atoms with van der Waals surface area (Å²) in [6, 6.07) is 8.70. The second-order valence-corrected chi connectivity index (χ2v) is 5.34. The van der Waals surface area contributed by atoms with Gasteiger partial charge in [0.1, 0.15) is 0 Å². The van der Waals surface area contributed by atoms with E-state index < -0.39 is 11.9 Å². The number of hydrogen-bond acceptors (Lipinski definition) is 3. The number of ether oxygens (including phenoxy) is 1. The fourth-order valence-electron chi connectivity index (χ4n) is 1.37. The molecule has 0 aliphatic rings. The zero-order valence-electron chi connectivity index (χ0n) is 11.2. The van der Waals surface area contributed by atoms with Crippen molar-refractivity contribution in [1.29, 1.82) is 0 Å². The van der Waals surface area contributed by atoms with Crippen molar-refractivity contribution in [3.8, 4) is 0 Å². The van der Waals surface area contributed by atoms with Gasteiger partial charge in [0.15, 0.2) is 0 Å². The third-order valence-corrected chi connectivity index (χ3v) is 2.62. The first-order valence-corrected chi connectivity index (χ1v) is 6.69. The summed E-state index contributed by atoms with van der Waals surface area (Å²) >= 11 is 10.7. The Morgan fingerprint density at radius 3 is 2.35 bits per heavy atom. The quantitative estimate of drug-likeness (QED) is 0.475. The molecule has 0 aliphatic heterocycles. The molecule has 0 N–H and O–H groups in total. The number of carbonyl (C=O) groups is 2. The third-order valence-electron chi connectivity index (χ3n) is 2.29. The summed E-state index contributed by atoms with van der Waals surface area (Å²) in [5.41, 5.74) is 0.673. The van der Waals surface area contributed by atoms with Gasteiger partial charge < -0.3 is 4.74 Å². The molecule has 1 rings (SSSR count). The van der Waals surface area contributed by atoms with Crippen LogP contribution in [0.5, 0.6) is 0 Å². The number of esters is 1. The summed E-state index contributed by atoms with van der Waals surface area (Å²) in [5, 5.41) is 0. The van der Waals surface area contributed by atoms with Gasteiger partial charge in [-0.2, -0.15) is 3.94 Å². The molecule has 4 nitrogen and oxygen atoms in total. The van der Waals surface area contributed by atoms with Gasteiger partial charge in [-0.1, -0.05) is 44.2 Å². The maximum Gasteiger partial charge on any atom is 0.338 e. The summed E-state index contributed by atoms with van der Waals surface area (Å²) in [4.78, 5) is 23.6. The molecule has 0 saturated heterocycles. The van der Waals surface area contributed by atoms with Crippen LogP contribution >= 0.6 is 23.6 Å². The number of hydrogen-bond donors (Lipinski definition) is 0. The van der Waals surface area contributed by atoms with Crippen molar-refractivity contribution >= 4 is 41.0 Å². The van der Waals surface area contributed by atoms with Crippen LogP contribution in [0.3, 0.4) is 0 Å². The van der Waals surface area contributed by atoms with Crippen LogP contribution in [0.2, 0.25) is 0 Å². The fraction of sp³-hybridized carbons (Fsp3) is 0.286. The van der Waals surface area contributed by atoms with Gasteiger partial charge in [-0.15, -0.1) is 0 Å². The molecule has 108 valence electrons. The largest absolute Gasteiger partial charge is 0.462 e. The van der Waals surface area contributed by atoms with Crippen LogP contribution in [0.1, 0.15) is 19.4 Å². The zero-order chi connectivity index (χ0) is 15.1. The minimum absolute atomic E-state index is 0.113. The Balaban J connectivity index is 3.02. The van der Waals surface area contributed by atoms with Gasteiger partial charge in [0.2, 0.25) is 0 Å². The van der Waals surface area contributed by atoms with Gasteiger partial charge in [0, 0.05) is 29.6 Å². The fourth-order valence-corrected chi connectivity index (χ4v) is 1.47. The Morgan fingerprint density at radius 2 is 1.85 bits per heavy atom. The van der Waals surface area contributed by atoms with Crippen molar-refractivity contribution in [2.75, 3.05) is 6.61 Å². The average Bonchev–Trinajstić information content (AvgIpc) is 2.42. The molecule has 0 bridgehead atoms. The Bertz CT molecular complexity index is 498. The maximum absolute atomic E-state index is 12.1. The SMILES string of the molecule is CC(C)COC(=O)/C(=C\C(=O)N(Cl)Cl)c1ccccc1. The highest BCUT2D eigenvalue weighted by Crippen LogP contribution is 2.18. The average molecular weight is 316 g/mol. The van der Waals surface area contributed by atoms with E-state index in [9.17, 15) is 9.59 Å².